The Balaban J connectivity index is 1.98. The number of aryl methyl sites for hydroxylation is 3. The lowest BCUT2D eigenvalue weighted by Gasteiger charge is -2.12. The molecule has 0 amide bonds. The molecule has 1 aliphatic carbocycles. The molecule has 0 N–H and O–H groups in total. The molecule has 22 heavy (non-hydrogen) atoms. The van der Waals surface area contributed by atoms with Gasteiger partial charge >= 0.3 is 0 Å². The quantitative estimate of drug-likeness (QED) is 0.467. The van der Waals surface area contributed by atoms with Crippen molar-refractivity contribution in [2.45, 2.75) is 27.0 Å². The fraction of sp³-hybridized carbons (Fsp3) is 0.190. The summed E-state index contributed by atoms with van der Waals surface area (Å²) in [4.78, 5) is 4.27. The first-order chi connectivity index (χ1) is 14.3. The third kappa shape index (κ3) is 1.89. The van der Waals surface area contributed by atoms with Gasteiger partial charge in [-0.25, -0.2) is 0 Å². The molecular formula is C21H19N. The predicted molar refractivity (Wildman–Crippen MR) is 92.1 cm³/mol. The summed E-state index contributed by atoms with van der Waals surface area (Å²) >= 11 is 0. The number of fused-ring (bicyclic) bond motifs is 3. The molecule has 1 nitrogen and oxygen atoms in total. The summed E-state index contributed by atoms with van der Waals surface area (Å²) in [7, 11) is 0. The smallest absolute Gasteiger partial charge is 0.0707 e. The predicted octanol–water partition coefficient (Wildman–Crippen LogP) is 5.25. The van der Waals surface area contributed by atoms with Gasteiger partial charge in [-0.1, -0.05) is 36.4 Å². The average molecular weight is 294 g/mol. The van der Waals surface area contributed by atoms with E-state index < -0.39 is 20.6 Å². The molecule has 0 unspecified atom stereocenters. The fourth-order valence-electron chi connectivity index (χ4n) is 3.09. The zero-order valence-electron chi connectivity index (χ0n) is 20.8. The number of aromatic nitrogens is 1. The van der Waals surface area contributed by atoms with E-state index in [-0.39, 0.29) is 16.7 Å². The highest BCUT2D eigenvalue weighted by molar-refractivity contribution is 5.86. The van der Waals surface area contributed by atoms with Gasteiger partial charge in [0.2, 0.25) is 0 Å². The van der Waals surface area contributed by atoms with Crippen LogP contribution in [0.4, 0.5) is 0 Å². The van der Waals surface area contributed by atoms with Gasteiger partial charge in [-0.3, -0.25) is 4.98 Å². The van der Waals surface area contributed by atoms with Gasteiger partial charge < -0.3 is 0 Å². The van der Waals surface area contributed by atoms with Crippen LogP contribution in [0.3, 0.4) is 0 Å². The van der Waals surface area contributed by atoms with Crippen LogP contribution in [-0.2, 0) is 6.42 Å². The molecule has 0 saturated heterocycles. The van der Waals surface area contributed by atoms with Crippen LogP contribution in [0.1, 0.15) is 40.2 Å². The van der Waals surface area contributed by atoms with Gasteiger partial charge in [0.25, 0.3) is 0 Å². The van der Waals surface area contributed by atoms with Crippen molar-refractivity contribution in [1.29, 1.82) is 0 Å². The molecule has 0 atom stereocenters. The highest BCUT2D eigenvalue weighted by Crippen LogP contribution is 2.43. The lowest BCUT2D eigenvalue weighted by Crippen LogP contribution is -1.94. The van der Waals surface area contributed by atoms with Crippen LogP contribution in [0.2, 0.25) is 0 Å². The van der Waals surface area contributed by atoms with Crippen LogP contribution in [0.5, 0.6) is 0 Å². The second kappa shape index (κ2) is 4.81. The molecular weight excluding hydrogens is 266 g/mol. The first-order valence-corrected chi connectivity index (χ1v) is 7.04. The molecule has 0 aliphatic heterocycles. The summed E-state index contributed by atoms with van der Waals surface area (Å²) in [5.41, 5.74) is 3.72. The Bertz CT molecular complexity index is 1170. The fourth-order valence-corrected chi connectivity index (χ4v) is 3.09. The van der Waals surface area contributed by atoms with Crippen molar-refractivity contribution < 1.29 is 12.3 Å². The molecule has 3 aromatic rings. The summed E-state index contributed by atoms with van der Waals surface area (Å²) in [6.45, 7) is -7.56. The number of hydrogen-bond acceptors (Lipinski definition) is 1. The third-order valence-electron chi connectivity index (χ3n) is 4.15. The molecule has 1 aromatic heterocycles. The van der Waals surface area contributed by atoms with E-state index in [1.54, 1.807) is 6.07 Å². The van der Waals surface area contributed by atoms with Crippen LogP contribution >= 0.6 is 0 Å². The number of rotatable bonds is 1. The summed E-state index contributed by atoms with van der Waals surface area (Å²) < 4.78 is 70.3. The van der Waals surface area contributed by atoms with Gasteiger partial charge in [-0.05, 0) is 72.0 Å². The maximum absolute atomic E-state index is 7.95. The van der Waals surface area contributed by atoms with Crippen molar-refractivity contribution in [1.82, 2.24) is 4.98 Å². The molecule has 0 spiro atoms. The van der Waals surface area contributed by atoms with Crippen molar-refractivity contribution in [2.24, 2.45) is 0 Å². The van der Waals surface area contributed by atoms with E-state index in [1.165, 1.54) is 12.1 Å². The van der Waals surface area contributed by atoms with Crippen LogP contribution < -0.4 is 0 Å². The topological polar surface area (TPSA) is 12.9 Å². The minimum absolute atomic E-state index is 0.228. The maximum atomic E-state index is 7.95. The van der Waals surface area contributed by atoms with E-state index in [9.17, 15) is 0 Å². The van der Waals surface area contributed by atoms with Crippen LogP contribution in [-0.4, -0.2) is 4.98 Å². The van der Waals surface area contributed by atoms with E-state index >= 15 is 0 Å². The molecule has 2 aromatic carbocycles. The lowest BCUT2D eigenvalue weighted by molar-refractivity contribution is 1.19. The Morgan fingerprint density at radius 3 is 2.64 bits per heavy atom. The summed E-state index contributed by atoms with van der Waals surface area (Å²) in [5, 5.41) is 0. The van der Waals surface area contributed by atoms with E-state index in [0.717, 1.165) is 22.9 Å². The van der Waals surface area contributed by atoms with Crippen molar-refractivity contribution in [2.75, 3.05) is 0 Å². The Labute approximate surface area is 144 Å². The lowest BCUT2D eigenvalue weighted by atomic mass is 9.94. The minimum atomic E-state index is -2.63. The van der Waals surface area contributed by atoms with Crippen molar-refractivity contribution >= 4 is 0 Å². The Morgan fingerprint density at radius 1 is 0.909 bits per heavy atom. The molecule has 108 valence electrons. The number of pyridine rings is 1. The molecule has 0 fully saturated rings. The zero-order valence-corrected chi connectivity index (χ0v) is 11.8. The minimum Gasteiger partial charge on any atom is -0.256 e. The zero-order chi connectivity index (χ0) is 22.8. The largest absolute Gasteiger partial charge is 0.256 e. The van der Waals surface area contributed by atoms with Crippen LogP contribution in [0.25, 0.3) is 22.4 Å². The molecule has 1 heteroatoms. The van der Waals surface area contributed by atoms with Gasteiger partial charge in [-0.2, -0.15) is 0 Å². The first kappa shape index (κ1) is 6.78. The van der Waals surface area contributed by atoms with Gasteiger partial charge in [0.1, 0.15) is 0 Å². The third-order valence-corrected chi connectivity index (χ3v) is 4.15. The molecule has 4 rings (SSSR count). The summed E-state index contributed by atoms with van der Waals surface area (Å²) in [6.07, 6.45) is 1.58. The first-order valence-electron chi connectivity index (χ1n) is 11.5. The van der Waals surface area contributed by atoms with Crippen molar-refractivity contribution in [3.8, 4) is 22.4 Å². The van der Waals surface area contributed by atoms with E-state index in [1.807, 2.05) is 24.3 Å². The average Bonchev–Trinajstić information content (AvgIpc) is 3.04. The van der Waals surface area contributed by atoms with Crippen molar-refractivity contribution in [3.63, 3.8) is 0 Å². The van der Waals surface area contributed by atoms with Crippen LogP contribution in [0, 0.1) is 20.6 Å². The van der Waals surface area contributed by atoms with E-state index in [0.29, 0.717) is 23.2 Å². The van der Waals surface area contributed by atoms with Crippen molar-refractivity contribution in [3.05, 3.63) is 76.5 Å². The standard InChI is InChI=1S/C21H19N/c1-13-8-9-18(20-10-14(2)15(3)12-22-20)19-11-16-6-4-5-7-17(16)21(13)19/h4-10,12H,11H2,1-3H3/i1D3,2D3,3D3. The van der Waals surface area contributed by atoms with Gasteiger partial charge in [0.05, 0.1) is 5.69 Å². The molecule has 1 heterocycles. The molecule has 0 bridgehead atoms. The highest BCUT2D eigenvalue weighted by Gasteiger charge is 2.23. The monoisotopic (exact) mass is 294 g/mol. The molecule has 1 aliphatic rings. The Kier molecular flexibility index (Phi) is 1.48. The van der Waals surface area contributed by atoms with Crippen LogP contribution in [0.15, 0.2) is 48.7 Å². The summed E-state index contributed by atoms with van der Waals surface area (Å²) in [5.74, 6) is 0. The SMILES string of the molecule is [2H]C([2H])([2H])c1cnc(-c2ccc(C([2H])([2H])[2H])c3c2Cc2ccccc2-3)cc1C([2H])([2H])[2H]. The van der Waals surface area contributed by atoms with Gasteiger partial charge in [0, 0.05) is 24.1 Å². The molecule has 0 radical (unpaired) electrons. The van der Waals surface area contributed by atoms with Gasteiger partial charge in [0.15, 0.2) is 0 Å². The second-order valence-electron chi connectivity index (χ2n) is 5.46. The number of benzene rings is 2. The normalized spacial score (nSPS) is 19.9. The maximum Gasteiger partial charge on any atom is 0.0707 e. The Morgan fingerprint density at radius 2 is 1.77 bits per heavy atom. The van der Waals surface area contributed by atoms with E-state index in [2.05, 4.69) is 4.98 Å². The second-order valence-corrected chi connectivity index (χ2v) is 5.46. The number of hydrogen-bond donors (Lipinski definition) is 0. The highest BCUT2D eigenvalue weighted by atomic mass is 14.7. The summed E-state index contributed by atoms with van der Waals surface area (Å²) in [6, 6.07) is 12.0. The van der Waals surface area contributed by atoms with Gasteiger partial charge in [-0.15, -0.1) is 0 Å². The molecule has 0 saturated carbocycles. The Hall–Kier alpha value is -2.41. The van der Waals surface area contributed by atoms with E-state index in [4.69, 9.17) is 12.3 Å². The number of nitrogens with zero attached hydrogens (tertiary/aromatic N) is 1.